The van der Waals surface area contributed by atoms with Crippen LogP contribution in [0.4, 0.5) is 0 Å². The number of rotatable bonds is 4. The molecule has 0 radical (unpaired) electrons. The third-order valence-corrected chi connectivity index (χ3v) is 1.28. The Labute approximate surface area is 73.6 Å². The quantitative estimate of drug-likeness (QED) is 0.362. The number of terminal acetylenes is 1. The summed E-state index contributed by atoms with van der Waals surface area (Å²) in [7, 11) is 0. The van der Waals surface area contributed by atoms with Gasteiger partial charge >= 0.3 is 5.97 Å². The first-order valence-electron chi connectivity index (χ1n) is 4.08. The molecule has 0 aromatic heterocycles. The Bertz CT molecular complexity index is 208. The molecule has 66 valence electrons. The van der Waals surface area contributed by atoms with E-state index in [-0.39, 0.29) is 5.97 Å². The lowest BCUT2D eigenvalue weighted by molar-refractivity contribution is -0.137. The second-order valence-corrected chi connectivity index (χ2v) is 2.32. The molecule has 0 aromatic carbocycles. The van der Waals surface area contributed by atoms with Gasteiger partial charge in [-0.15, -0.1) is 6.42 Å². The van der Waals surface area contributed by atoms with Crippen LogP contribution in [0.25, 0.3) is 0 Å². The molecular weight excluding hydrogens is 152 g/mol. The summed E-state index contributed by atoms with van der Waals surface area (Å²) in [5, 5.41) is 0. The van der Waals surface area contributed by atoms with Gasteiger partial charge in [0.25, 0.3) is 0 Å². The summed E-state index contributed by atoms with van der Waals surface area (Å²) >= 11 is 0. The highest BCUT2D eigenvalue weighted by Crippen LogP contribution is 2.02. The van der Waals surface area contributed by atoms with E-state index in [1.54, 1.807) is 6.92 Å². The molecule has 0 rings (SSSR count). The monoisotopic (exact) mass is 166 g/mol. The summed E-state index contributed by atoms with van der Waals surface area (Å²) in [6, 6.07) is 0. The van der Waals surface area contributed by atoms with E-state index in [0.29, 0.717) is 12.2 Å². The molecule has 2 nitrogen and oxygen atoms in total. The molecule has 2 heteroatoms. The van der Waals surface area contributed by atoms with Crippen LogP contribution in [0.5, 0.6) is 0 Å². The number of ether oxygens (including phenoxy) is 1. The zero-order valence-electron chi connectivity index (χ0n) is 7.59. The fraction of sp³-hybridized carbons (Fsp3) is 0.500. The van der Waals surface area contributed by atoms with E-state index in [1.165, 1.54) is 6.08 Å². The van der Waals surface area contributed by atoms with Gasteiger partial charge in [-0.1, -0.05) is 19.3 Å². The summed E-state index contributed by atoms with van der Waals surface area (Å²) in [6.45, 7) is 4.16. The summed E-state index contributed by atoms with van der Waals surface area (Å²) in [5.74, 6) is 2.10. The molecule has 0 bridgehead atoms. The van der Waals surface area contributed by atoms with Crippen molar-refractivity contribution in [2.75, 3.05) is 6.61 Å². The minimum absolute atomic E-state index is 0.348. The summed E-state index contributed by atoms with van der Waals surface area (Å²) in [5.41, 5.74) is 0.705. The van der Waals surface area contributed by atoms with Crippen LogP contribution in [0.1, 0.15) is 26.7 Å². The number of carbonyl (C=O) groups is 1. The SMILES string of the molecule is C#CC(=CC(=O)OCC)CCC. The Morgan fingerprint density at radius 3 is 2.67 bits per heavy atom. The summed E-state index contributed by atoms with van der Waals surface area (Å²) in [4.78, 5) is 10.9. The first-order chi connectivity index (χ1) is 5.74. The highest BCUT2D eigenvalue weighted by Gasteiger charge is 1.98. The topological polar surface area (TPSA) is 26.3 Å². The van der Waals surface area contributed by atoms with Crippen LogP contribution in [0.3, 0.4) is 0 Å². The second-order valence-electron chi connectivity index (χ2n) is 2.32. The molecule has 0 amide bonds. The normalized spacial score (nSPS) is 10.6. The van der Waals surface area contributed by atoms with Gasteiger partial charge in [0.15, 0.2) is 0 Å². The molecule has 0 aliphatic heterocycles. The Balaban J connectivity index is 4.10. The minimum Gasteiger partial charge on any atom is -0.463 e. The number of hydrogen-bond donors (Lipinski definition) is 0. The molecule has 0 unspecified atom stereocenters. The van der Waals surface area contributed by atoms with Crippen LogP contribution < -0.4 is 0 Å². The maximum Gasteiger partial charge on any atom is 0.331 e. The number of carbonyl (C=O) groups excluding carboxylic acids is 1. The largest absolute Gasteiger partial charge is 0.463 e. The van der Waals surface area contributed by atoms with Crippen molar-refractivity contribution >= 4 is 5.97 Å². The van der Waals surface area contributed by atoms with Crippen LogP contribution in [-0.4, -0.2) is 12.6 Å². The van der Waals surface area contributed by atoms with Crippen molar-refractivity contribution in [1.82, 2.24) is 0 Å². The zero-order valence-corrected chi connectivity index (χ0v) is 7.59. The van der Waals surface area contributed by atoms with Crippen molar-refractivity contribution in [2.24, 2.45) is 0 Å². The lowest BCUT2D eigenvalue weighted by atomic mass is 10.1. The Morgan fingerprint density at radius 1 is 1.58 bits per heavy atom. The van der Waals surface area contributed by atoms with Gasteiger partial charge < -0.3 is 4.74 Å². The van der Waals surface area contributed by atoms with E-state index < -0.39 is 0 Å². The molecule has 0 aromatic rings. The van der Waals surface area contributed by atoms with Gasteiger partial charge in [0.1, 0.15) is 0 Å². The van der Waals surface area contributed by atoms with E-state index in [1.807, 2.05) is 6.92 Å². The molecule has 12 heavy (non-hydrogen) atoms. The predicted octanol–water partition coefficient (Wildman–Crippen LogP) is 1.91. The first kappa shape index (κ1) is 10.8. The maximum atomic E-state index is 10.9. The zero-order chi connectivity index (χ0) is 9.40. The van der Waals surface area contributed by atoms with Crippen molar-refractivity contribution in [3.05, 3.63) is 11.6 Å². The Kier molecular flexibility index (Phi) is 5.81. The van der Waals surface area contributed by atoms with Gasteiger partial charge in [0, 0.05) is 11.6 Å². The van der Waals surface area contributed by atoms with Crippen molar-refractivity contribution < 1.29 is 9.53 Å². The Morgan fingerprint density at radius 2 is 2.25 bits per heavy atom. The lowest BCUT2D eigenvalue weighted by Crippen LogP contribution is -2.00. The van der Waals surface area contributed by atoms with Crippen molar-refractivity contribution in [2.45, 2.75) is 26.7 Å². The average Bonchev–Trinajstić information content (AvgIpc) is 2.04. The molecular formula is C10H14O2. The fourth-order valence-corrected chi connectivity index (χ4v) is 0.782. The highest BCUT2D eigenvalue weighted by molar-refractivity contribution is 5.83. The smallest absolute Gasteiger partial charge is 0.331 e. The minimum atomic E-state index is -0.348. The molecule has 0 fully saturated rings. The van der Waals surface area contributed by atoms with Crippen LogP contribution in [-0.2, 0) is 9.53 Å². The van der Waals surface area contributed by atoms with Gasteiger partial charge in [0.2, 0.25) is 0 Å². The van der Waals surface area contributed by atoms with Gasteiger partial charge in [-0.05, 0) is 13.3 Å². The van der Waals surface area contributed by atoms with Gasteiger partial charge in [0.05, 0.1) is 6.61 Å². The summed E-state index contributed by atoms with van der Waals surface area (Å²) < 4.78 is 4.71. The van der Waals surface area contributed by atoms with Crippen molar-refractivity contribution in [3.63, 3.8) is 0 Å². The van der Waals surface area contributed by atoms with Gasteiger partial charge in [-0.3, -0.25) is 0 Å². The van der Waals surface area contributed by atoms with Crippen LogP contribution in [0.15, 0.2) is 11.6 Å². The number of esters is 1. The Hall–Kier alpha value is -1.23. The van der Waals surface area contributed by atoms with E-state index in [0.717, 1.165) is 12.8 Å². The molecule has 0 aliphatic rings. The highest BCUT2D eigenvalue weighted by atomic mass is 16.5. The molecule has 0 saturated carbocycles. The van der Waals surface area contributed by atoms with E-state index in [4.69, 9.17) is 11.2 Å². The third kappa shape index (κ3) is 4.56. The number of allylic oxidation sites excluding steroid dienone is 1. The van der Waals surface area contributed by atoms with Crippen molar-refractivity contribution in [1.29, 1.82) is 0 Å². The molecule has 0 heterocycles. The molecule has 0 spiro atoms. The van der Waals surface area contributed by atoms with E-state index in [2.05, 4.69) is 5.92 Å². The summed E-state index contributed by atoms with van der Waals surface area (Å²) in [6.07, 6.45) is 8.26. The fourth-order valence-electron chi connectivity index (χ4n) is 0.782. The lowest BCUT2D eigenvalue weighted by Gasteiger charge is -1.97. The molecule has 0 aliphatic carbocycles. The number of hydrogen-bond acceptors (Lipinski definition) is 2. The van der Waals surface area contributed by atoms with Crippen LogP contribution in [0.2, 0.25) is 0 Å². The average molecular weight is 166 g/mol. The second kappa shape index (κ2) is 6.48. The molecule has 0 N–H and O–H groups in total. The standard InChI is InChI=1S/C10H14O2/c1-4-7-9(5-2)8-10(11)12-6-3/h2,8H,4,6-7H2,1,3H3. The van der Waals surface area contributed by atoms with Crippen LogP contribution in [0, 0.1) is 12.3 Å². The van der Waals surface area contributed by atoms with E-state index in [9.17, 15) is 4.79 Å². The third-order valence-electron chi connectivity index (χ3n) is 1.28. The predicted molar refractivity (Wildman–Crippen MR) is 48.5 cm³/mol. The first-order valence-corrected chi connectivity index (χ1v) is 4.08. The molecule has 0 saturated heterocycles. The van der Waals surface area contributed by atoms with Crippen LogP contribution >= 0.6 is 0 Å². The van der Waals surface area contributed by atoms with Gasteiger partial charge in [-0.2, -0.15) is 0 Å². The van der Waals surface area contributed by atoms with Crippen molar-refractivity contribution in [3.8, 4) is 12.3 Å². The van der Waals surface area contributed by atoms with E-state index >= 15 is 0 Å². The van der Waals surface area contributed by atoms with Gasteiger partial charge in [-0.25, -0.2) is 4.79 Å². The maximum absolute atomic E-state index is 10.9. The molecule has 0 atom stereocenters.